The van der Waals surface area contributed by atoms with Crippen molar-refractivity contribution in [3.8, 4) is 0 Å². The number of furan rings is 1. The van der Waals surface area contributed by atoms with Crippen molar-refractivity contribution in [2.24, 2.45) is 0 Å². The molecule has 2 aromatic rings. The number of aryl methyl sites for hydroxylation is 2. The van der Waals surface area contributed by atoms with Crippen molar-refractivity contribution in [2.75, 3.05) is 12.4 Å². The molecular formula is C15H19ClN2O2. The van der Waals surface area contributed by atoms with E-state index in [9.17, 15) is 4.79 Å². The fourth-order valence-corrected chi connectivity index (χ4v) is 2.02. The highest BCUT2D eigenvalue weighted by Crippen LogP contribution is 2.17. The molecule has 0 aliphatic heterocycles. The Balaban J connectivity index is 0.00000200. The zero-order valence-electron chi connectivity index (χ0n) is 11.8. The fraction of sp³-hybridized carbons (Fsp3) is 0.267. The molecule has 0 aliphatic rings. The quantitative estimate of drug-likeness (QED) is 0.910. The van der Waals surface area contributed by atoms with Gasteiger partial charge in [-0.2, -0.15) is 0 Å². The first kappa shape index (κ1) is 16.3. The second-order valence-corrected chi connectivity index (χ2v) is 4.51. The first-order chi connectivity index (χ1) is 9.10. The summed E-state index contributed by atoms with van der Waals surface area (Å²) >= 11 is 0. The van der Waals surface area contributed by atoms with Gasteiger partial charge in [-0.15, -0.1) is 12.4 Å². The first-order valence-corrected chi connectivity index (χ1v) is 6.22. The largest absolute Gasteiger partial charge is 0.466 e. The van der Waals surface area contributed by atoms with Gasteiger partial charge in [0, 0.05) is 12.2 Å². The molecule has 0 atom stereocenters. The standard InChI is InChI=1S/C15H18N2O2.ClH/c1-10-7-14(11(2)19-10)15(18)17-13-6-4-5-12(8-13)9-16-3;/h4-8,16H,9H2,1-3H3,(H,17,18);1H. The van der Waals surface area contributed by atoms with Gasteiger partial charge in [0.1, 0.15) is 11.5 Å². The summed E-state index contributed by atoms with van der Waals surface area (Å²) in [7, 11) is 1.89. The van der Waals surface area contributed by atoms with E-state index in [2.05, 4.69) is 10.6 Å². The van der Waals surface area contributed by atoms with Crippen LogP contribution in [0.15, 0.2) is 34.7 Å². The van der Waals surface area contributed by atoms with Crippen LogP contribution in [0.5, 0.6) is 0 Å². The van der Waals surface area contributed by atoms with Crippen molar-refractivity contribution < 1.29 is 9.21 Å². The van der Waals surface area contributed by atoms with E-state index in [1.165, 1.54) is 0 Å². The average molecular weight is 295 g/mol. The molecule has 1 amide bonds. The lowest BCUT2D eigenvalue weighted by molar-refractivity contribution is 0.102. The lowest BCUT2D eigenvalue weighted by Crippen LogP contribution is -2.12. The topological polar surface area (TPSA) is 54.3 Å². The molecular weight excluding hydrogens is 276 g/mol. The van der Waals surface area contributed by atoms with Crippen LogP contribution in [0.3, 0.4) is 0 Å². The van der Waals surface area contributed by atoms with Crippen molar-refractivity contribution in [2.45, 2.75) is 20.4 Å². The van der Waals surface area contributed by atoms with E-state index < -0.39 is 0 Å². The number of carbonyl (C=O) groups is 1. The smallest absolute Gasteiger partial charge is 0.259 e. The van der Waals surface area contributed by atoms with Crippen molar-refractivity contribution in [1.82, 2.24) is 5.32 Å². The van der Waals surface area contributed by atoms with Crippen LogP contribution in [0.4, 0.5) is 5.69 Å². The van der Waals surface area contributed by atoms with E-state index >= 15 is 0 Å². The average Bonchev–Trinajstić information content (AvgIpc) is 2.69. The van der Waals surface area contributed by atoms with Gasteiger partial charge in [-0.25, -0.2) is 0 Å². The van der Waals surface area contributed by atoms with Crippen molar-refractivity contribution in [3.63, 3.8) is 0 Å². The molecule has 1 aromatic carbocycles. The molecule has 0 unspecified atom stereocenters. The number of carbonyl (C=O) groups excluding carboxylic acids is 1. The number of nitrogens with one attached hydrogen (secondary N) is 2. The summed E-state index contributed by atoms with van der Waals surface area (Å²) in [5.41, 5.74) is 2.49. The maximum Gasteiger partial charge on any atom is 0.259 e. The van der Waals surface area contributed by atoms with Crippen molar-refractivity contribution in [1.29, 1.82) is 0 Å². The SMILES string of the molecule is CNCc1cccc(NC(=O)c2cc(C)oc2C)c1.Cl. The van der Waals surface area contributed by atoms with Crippen LogP contribution in [-0.4, -0.2) is 13.0 Å². The summed E-state index contributed by atoms with van der Waals surface area (Å²) in [5, 5.41) is 5.97. The molecule has 4 nitrogen and oxygen atoms in total. The third-order valence-corrected chi connectivity index (χ3v) is 2.85. The third kappa shape index (κ3) is 3.85. The van der Waals surface area contributed by atoms with Crippen LogP contribution in [0.25, 0.3) is 0 Å². The Kier molecular flexibility index (Phi) is 5.80. The second-order valence-electron chi connectivity index (χ2n) is 4.51. The van der Waals surface area contributed by atoms with Crippen molar-refractivity contribution >= 4 is 24.0 Å². The Labute approximate surface area is 125 Å². The molecule has 2 N–H and O–H groups in total. The molecule has 0 spiro atoms. The van der Waals surface area contributed by atoms with Crippen LogP contribution in [0.2, 0.25) is 0 Å². The molecule has 0 fully saturated rings. The number of halogens is 1. The van der Waals surface area contributed by atoms with Gasteiger partial charge in [0.05, 0.1) is 5.56 Å². The molecule has 0 bridgehead atoms. The van der Waals surface area contributed by atoms with Gasteiger partial charge in [0.25, 0.3) is 5.91 Å². The monoisotopic (exact) mass is 294 g/mol. The van der Waals surface area contributed by atoms with Crippen LogP contribution in [-0.2, 0) is 6.54 Å². The summed E-state index contributed by atoms with van der Waals surface area (Å²) in [6, 6.07) is 9.52. The lowest BCUT2D eigenvalue weighted by Gasteiger charge is -2.06. The van der Waals surface area contributed by atoms with E-state index in [0.717, 1.165) is 23.6 Å². The molecule has 0 radical (unpaired) electrons. The molecule has 20 heavy (non-hydrogen) atoms. The van der Waals surface area contributed by atoms with Crippen molar-refractivity contribution in [3.05, 3.63) is 53.0 Å². The highest BCUT2D eigenvalue weighted by molar-refractivity contribution is 6.05. The van der Waals surface area contributed by atoms with Crippen LogP contribution in [0.1, 0.15) is 27.4 Å². The fourth-order valence-electron chi connectivity index (χ4n) is 2.02. The molecule has 0 aliphatic carbocycles. The zero-order chi connectivity index (χ0) is 13.8. The summed E-state index contributed by atoms with van der Waals surface area (Å²) in [6.07, 6.45) is 0. The van der Waals surface area contributed by atoms with Gasteiger partial charge < -0.3 is 15.1 Å². The van der Waals surface area contributed by atoms with Gasteiger partial charge in [-0.3, -0.25) is 4.79 Å². The van der Waals surface area contributed by atoms with Crippen LogP contribution in [0, 0.1) is 13.8 Å². The second kappa shape index (κ2) is 7.12. The number of hydrogen-bond donors (Lipinski definition) is 2. The third-order valence-electron chi connectivity index (χ3n) is 2.85. The number of hydrogen-bond acceptors (Lipinski definition) is 3. The number of rotatable bonds is 4. The molecule has 2 rings (SSSR count). The Morgan fingerprint density at radius 2 is 2.00 bits per heavy atom. The van der Waals surface area contributed by atoms with E-state index in [0.29, 0.717) is 11.3 Å². The Bertz CT molecular complexity index is 593. The van der Waals surface area contributed by atoms with Gasteiger partial charge in [-0.05, 0) is 44.7 Å². The molecule has 1 aromatic heterocycles. The van der Waals surface area contributed by atoms with Gasteiger partial charge in [0.2, 0.25) is 0 Å². The highest BCUT2D eigenvalue weighted by atomic mass is 35.5. The lowest BCUT2D eigenvalue weighted by atomic mass is 10.2. The van der Waals surface area contributed by atoms with Gasteiger partial charge in [-0.1, -0.05) is 12.1 Å². The predicted molar refractivity (Wildman–Crippen MR) is 82.6 cm³/mol. The molecule has 0 saturated heterocycles. The number of anilines is 1. The maximum atomic E-state index is 12.1. The first-order valence-electron chi connectivity index (χ1n) is 6.22. The zero-order valence-corrected chi connectivity index (χ0v) is 12.6. The molecule has 0 saturated carbocycles. The van der Waals surface area contributed by atoms with Crippen LogP contribution >= 0.6 is 12.4 Å². The minimum Gasteiger partial charge on any atom is -0.466 e. The van der Waals surface area contributed by atoms with Gasteiger partial charge >= 0.3 is 0 Å². The number of benzene rings is 1. The maximum absolute atomic E-state index is 12.1. The molecule has 1 heterocycles. The molecule has 108 valence electrons. The Morgan fingerprint density at radius 1 is 1.25 bits per heavy atom. The summed E-state index contributed by atoms with van der Waals surface area (Å²) in [6.45, 7) is 4.39. The van der Waals surface area contributed by atoms with E-state index in [1.807, 2.05) is 38.2 Å². The van der Waals surface area contributed by atoms with Crippen LogP contribution < -0.4 is 10.6 Å². The minimum atomic E-state index is -0.143. The highest BCUT2D eigenvalue weighted by Gasteiger charge is 2.13. The normalized spacial score (nSPS) is 9.95. The Hall–Kier alpha value is -1.78. The minimum absolute atomic E-state index is 0. The number of amides is 1. The predicted octanol–water partition coefficient (Wildman–Crippen LogP) is 3.29. The summed E-state index contributed by atoms with van der Waals surface area (Å²) in [5.74, 6) is 1.24. The Morgan fingerprint density at radius 3 is 2.60 bits per heavy atom. The van der Waals surface area contributed by atoms with Gasteiger partial charge in [0.15, 0.2) is 0 Å². The molecule has 5 heteroatoms. The van der Waals surface area contributed by atoms with E-state index in [1.54, 1.807) is 13.0 Å². The van der Waals surface area contributed by atoms with E-state index in [-0.39, 0.29) is 18.3 Å². The summed E-state index contributed by atoms with van der Waals surface area (Å²) in [4.78, 5) is 12.1. The summed E-state index contributed by atoms with van der Waals surface area (Å²) < 4.78 is 5.36. The van der Waals surface area contributed by atoms with E-state index in [4.69, 9.17) is 4.42 Å².